The number of hydrogen-bond acceptors (Lipinski definition) is 5. The van der Waals surface area contributed by atoms with Crippen molar-refractivity contribution < 1.29 is 0 Å². The number of para-hydroxylation sites is 2. The van der Waals surface area contributed by atoms with E-state index in [0.717, 1.165) is 54.1 Å². The maximum Gasteiger partial charge on any atom is 0.177 e. The maximum atomic E-state index is 5.45. The van der Waals surface area contributed by atoms with Crippen molar-refractivity contribution in [2.24, 2.45) is 25.0 Å². The first-order chi connectivity index (χ1) is 29.2. The van der Waals surface area contributed by atoms with E-state index >= 15 is 0 Å². The minimum absolute atomic E-state index is 0.377. The van der Waals surface area contributed by atoms with Gasteiger partial charge in [0.2, 0.25) is 0 Å². The van der Waals surface area contributed by atoms with E-state index in [2.05, 4.69) is 155 Å². The van der Waals surface area contributed by atoms with Crippen molar-refractivity contribution in [3.63, 3.8) is 0 Å². The highest BCUT2D eigenvalue weighted by atomic mass is 32.1. The Kier molecular flexibility index (Phi) is 9.62. The van der Waals surface area contributed by atoms with E-state index in [4.69, 9.17) is 15.0 Å². The molecule has 0 aliphatic rings. The minimum atomic E-state index is 0.377. The van der Waals surface area contributed by atoms with Crippen molar-refractivity contribution in [2.45, 2.75) is 13.1 Å². The predicted octanol–water partition coefficient (Wildman–Crippen LogP) is 13.4. The van der Waals surface area contributed by atoms with Gasteiger partial charge in [-0.2, -0.15) is 0 Å². The molecule has 10 rings (SSSR count). The monoisotopic (exact) mass is 796 g/mol. The fraction of sp³-hybridized carbons (Fsp3) is 0.0392. The Balaban J connectivity index is 1.17. The Bertz CT molecular complexity index is 3310. The number of rotatable bonds is 9. The fourth-order valence-corrected chi connectivity index (χ4v) is 10.2. The number of benzene rings is 7. The van der Waals surface area contributed by atoms with Gasteiger partial charge in [-0.05, 0) is 73.1 Å². The third-order valence-electron chi connectivity index (χ3n) is 10.6. The van der Waals surface area contributed by atoms with Crippen LogP contribution in [0.25, 0.3) is 57.8 Å². The largest absolute Gasteiger partial charge is 0.309 e. The summed E-state index contributed by atoms with van der Waals surface area (Å²) in [6.07, 6.45) is 0. The molecule has 0 radical (unpaired) electrons. The van der Waals surface area contributed by atoms with E-state index < -0.39 is 0 Å². The molecule has 0 N–H and O–H groups in total. The Morgan fingerprint density at radius 2 is 1.20 bits per heavy atom. The first kappa shape index (κ1) is 36.2. The summed E-state index contributed by atoms with van der Waals surface area (Å²) in [5.41, 5.74) is 7.80. The summed E-state index contributed by atoms with van der Waals surface area (Å²) < 4.78 is 5.88. The molecule has 3 heterocycles. The Hall–Kier alpha value is -7.13. The van der Waals surface area contributed by atoms with Crippen LogP contribution in [-0.2, 0) is 13.1 Å². The van der Waals surface area contributed by atoms with E-state index in [0.29, 0.717) is 30.5 Å². The molecular formula is C51H36N6S2. The second-order valence-corrected chi connectivity index (χ2v) is 16.3. The zero-order valence-electron chi connectivity index (χ0n) is 32.0. The Morgan fingerprint density at radius 3 is 1.98 bits per heavy atom. The third kappa shape index (κ3) is 6.68. The molecule has 0 aliphatic carbocycles. The number of thiophene rings is 2. The lowest BCUT2D eigenvalue weighted by atomic mass is 10.1. The molecule has 282 valence electrons. The van der Waals surface area contributed by atoms with Gasteiger partial charge in [0.15, 0.2) is 11.7 Å². The van der Waals surface area contributed by atoms with E-state index in [1.807, 2.05) is 42.5 Å². The molecule has 0 aliphatic heterocycles. The average Bonchev–Trinajstić information content (AvgIpc) is 3.97. The van der Waals surface area contributed by atoms with Gasteiger partial charge in [-0.3, -0.25) is 15.0 Å². The summed E-state index contributed by atoms with van der Waals surface area (Å²) in [5, 5.41) is 5.79. The van der Waals surface area contributed by atoms with E-state index in [1.54, 1.807) is 22.7 Å². The second kappa shape index (κ2) is 15.7. The highest BCUT2D eigenvalue weighted by molar-refractivity contribution is 7.25. The van der Waals surface area contributed by atoms with Crippen LogP contribution in [0.5, 0.6) is 0 Å². The summed E-state index contributed by atoms with van der Waals surface area (Å²) in [7, 11) is 0. The molecule has 59 heavy (non-hydrogen) atoms. The predicted molar refractivity (Wildman–Crippen MR) is 255 cm³/mol. The lowest BCUT2D eigenvalue weighted by Crippen LogP contribution is -2.16. The molecule has 0 amide bonds. The lowest BCUT2D eigenvalue weighted by molar-refractivity contribution is 1.06. The average molecular weight is 797 g/mol. The van der Waals surface area contributed by atoms with Gasteiger partial charge in [-0.25, -0.2) is 9.98 Å². The second-order valence-electron chi connectivity index (χ2n) is 14.1. The normalized spacial score (nSPS) is 12.6. The molecule has 0 atom stereocenters. The van der Waals surface area contributed by atoms with Crippen LogP contribution < -0.4 is 0 Å². The number of fused-ring (bicyclic) bond motifs is 7. The van der Waals surface area contributed by atoms with Gasteiger partial charge in [0.05, 0.1) is 34.7 Å². The smallest absolute Gasteiger partial charge is 0.177 e. The number of nitrogens with zero attached hydrogens (tertiary/aromatic N) is 6. The molecule has 6 nitrogen and oxygen atoms in total. The maximum absolute atomic E-state index is 5.45. The standard InChI is InChI=1S/C51H36N6S2/c1-52-47-39-23-11-14-26-44(39)59-49(47)48(54-31-33-28-29-42-40(30-33)37-21-9-12-24-41(37)57(42)36-19-7-4-8-20-36)51(56-50(53-2)34-16-5-3-6-17-34)55-32-35-18-15-27-45-46(35)38-22-10-13-25-43(38)58-45/h3-30H,1-2,31-32H2. The van der Waals surface area contributed by atoms with E-state index in [1.165, 1.54) is 30.9 Å². The van der Waals surface area contributed by atoms with Crippen molar-refractivity contribution in [1.82, 2.24) is 4.57 Å². The zero-order chi connectivity index (χ0) is 39.7. The van der Waals surface area contributed by atoms with Crippen molar-refractivity contribution >= 4 is 111 Å². The van der Waals surface area contributed by atoms with E-state index in [9.17, 15) is 0 Å². The van der Waals surface area contributed by atoms with Crippen LogP contribution in [0.3, 0.4) is 0 Å². The van der Waals surface area contributed by atoms with Gasteiger partial charge >= 0.3 is 0 Å². The first-order valence-electron chi connectivity index (χ1n) is 19.3. The highest BCUT2D eigenvalue weighted by Crippen LogP contribution is 2.40. The SMILES string of the molecule is C=NC(=NC(=NCc1cccc2sc3ccccc3c12)C(=NCc1ccc2c(c1)c1ccccc1n2-c1ccccc1)c1sc2ccccc2c1N=C)c1ccccc1. The summed E-state index contributed by atoms with van der Waals surface area (Å²) in [6.45, 7) is 8.74. The molecular weight excluding hydrogens is 761 g/mol. The molecule has 10 aromatic rings. The van der Waals surface area contributed by atoms with Crippen molar-refractivity contribution in [2.75, 3.05) is 0 Å². The van der Waals surface area contributed by atoms with Crippen LogP contribution in [0.15, 0.2) is 195 Å². The van der Waals surface area contributed by atoms with Gasteiger partial charge in [0, 0.05) is 52.3 Å². The van der Waals surface area contributed by atoms with Crippen LogP contribution in [0, 0.1) is 0 Å². The molecule has 0 saturated heterocycles. The van der Waals surface area contributed by atoms with Crippen LogP contribution in [0.2, 0.25) is 0 Å². The summed E-state index contributed by atoms with van der Waals surface area (Å²) in [5.74, 6) is 0.909. The first-order valence-corrected chi connectivity index (χ1v) is 21.0. The number of aliphatic imine (C=N–C) groups is 5. The Labute approximate surface area is 349 Å². The van der Waals surface area contributed by atoms with Crippen LogP contribution >= 0.6 is 22.7 Å². The molecule has 3 aromatic heterocycles. The van der Waals surface area contributed by atoms with Gasteiger partial charge in [-0.1, -0.05) is 121 Å². The van der Waals surface area contributed by atoms with Gasteiger partial charge in [0.25, 0.3) is 0 Å². The lowest BCUT2D eigenvalue weighted by Gasteiger charge is -2.10. The van der Waals surface area contributed by atoms with Crippen LogP contribution in [0.4, 0.5) is 5.69 Å². The molecule has 7 aromatic carbocycles. The summed E-state index contributed by atoms with van der Waals surface area (Å²) >= 11 is 3.42. The van der Waals surface area contributed by atoms with Gasteiger partial charge in [0.1, 0.15) is 5.71 Å². The topological polar surface area (TPSA) is 66.7 Å². The van der Waals surface area contributed by atoms with E-state index in [-0.39, 0.29) is 0 Å². The fourth-order valence-electron chi connectivity index (χ4n) is 7.92. The van der Waals surface area contributed by atoms with Crippen LogP contribution in [0.1, 0.15) is 21.6 Å². The molecule has 0 spiro atoms. The minimum Gasteiger partial charge on any atom is -0.309 e. The van der Waals surface area contributed by atoms with Crippen molar-refractivity contribution in [1.29, 1.82) is 0 Å². The number of aromatic nitrogens is 1. The molecule has 8 heteroatoms. The van der Waals surface area contributed by atoms with Crippen LogP contribution in [-0.4, -0.2) is 35.4 Å². The molecule has 0 bridgehead atoms. The van der Waals surface area contributed by atoms with Crippen molar-refractivity contribution in [3.05, 3.63) is 191 Å². The summed E-state index contributed by atoms with van der Waals surface area (Å²) in [4.78, 5) is 25.9. The third-order valence-corrected chi connectivity index (χ3v) is 12.9. The van der Waals surface area contributed by atoms with Gasteiger partial charge < -0.3 is 4.57 Å². The molecule has 0 saturated carbocycles. The van der Waals surface area contributed by atoms with Gasteiger partial charge in [-0.15, -0.1) is 22.7 Å². The number of amidine groups is 2. The highest BCUT2D eigenvalue weighted by Gasteiger charge is 2.22. The number of hydrogen-bond donors (Lipinski definition) is 0. The summed E-state index contributed by atoms with van der Waals surface area (Å²) in [6, 6.07) is 58.9. The van der Waals surface area contributed by atoms with Crippen molar-refractivity contribution in [3.8, 4) is 5.69 Å². The zero-order valence-corrected chi connectivity index (χ0v) is 33.6. The molecule has 0 fully saturated rings. The Morgan fingerprint density at radius 1 is 0.542 bits per heavy atom. The quantitative estimate of drug-likeness (QED) is 0.103. The molecule has 0 unspecified atom stereocenters.